The van der Waals surface area contributed by atoms with Crippen LogP contribution in [0.15, 0.2) is 60.7 Å². The second-order valence-corrected chi connectivity index (χ2v) is 6.45. The number of aldehydes is 1. The number of thiophene rings is 1. The van der Waals surface area contributed by atoms with Crippen molar-refractivity contribution in [1.29, 1.82) is 0 Å². The Labute approximate surface area is 149 Å². The molecule has 0 atom stereocenters. The van der Waals surface area contributed by atoms with Gasteiger partial charge in [0.15, 0.2) is 6.29 Å². The third kappa shape index (κ3) is 4.14. The minimum Gasteiger partial charge on any atom is -0.497 e. The molecule has 0 aliphatic carbocycles. The number of hydrogen-bond donors (Lipinski definition) is 0. The Morgan fingerprint density at radius 1 is 1.08 bits per heavy atom. The van der Waals surface area contributed by atoms with Gasteiger partial charge >= 0.3 is 5.97 Å². The highest BCUT2D eigenvalue weighted by molar-refractivity contribution is 7.17. The number of carbonyl (C=O) groups is 2. The average Bonchev–Trinajstić information content (AvgIpc) is 3.16. The molecular formula is C20H16O4S. The van der Waals surface area contributed by atoms with Crippen LogP contribution in [-0.2, 0) is 11.3 Å². The predicted molar refractivity (Wildman–Crippen MR) is 97.3 cm³/mol. The summed E-state index contributed by atoms with van der Waals surface area (Å²) < 4.78 is 10.7. The summed E-state index contributed by atoms with van der Waals surface area (Å²) in [6, 6.07) is 18.3. The molecule has 0 N–H and O–H groups in total. The van der Waals surface area contributed by atoms with Crippen LogP contribution in [0, 0.1) is 0 Å². The second kappa shape index (κ2) is 7.77. The van der Waals surface area contributed by atoms with Gasteiger partial charge in [-0.2, -0.15) is 0 Å². The first-order valence-corrected chi connectivity index (χ1v) is 8.47. The highest BCUT2D eigenvalue weighted by Gasteiger charge is 2.13. The van der Waals surface area contributed by atoms with E-state index in [0.29, 0.717) is 16.2 Å². The fourth-order valence-corrected chi connectivity index (χ4v) is 3.16. The van der Waals surface area contributed by atoms with Gasteiger partial charge < -0.3 is 9.47 Å². The van der Waals surface area contributed by atoms with Crippen molar-refractivity contribution in [3.8, 4) is 16.2 Å². The standard InChI is InChI=1S/C20H16O4S/c1-23-17-10-15(19-8-7-18(12-21)25-19)9-16(11-17)20(22)24-13-14-5-3-2-4-6-14/h2-12H,13H2,1H3. The Morgan fingerprint density at radius 3 is 2.56 bits per heavy atom. The minimum atomic E-state index is -0.420. The molecule has 4 nitrogen and oxygen atoms in total. The Balaban J connectivity index is 1.83. The van der Waals surface area contributed by atoms with Gasteiger partial charge in [-0.15, -0.1) is 11.3 Å². The van der Waals surface area contributed by atoms with Crippen LogP contribution < -0.4 is 4.74 Å². The van der Waals surface area contributed by atoms with E-state index < -0.39 is 5.97 Å². The quantitative estimate of drug-likeness (QED) is 0.481. The molecule has 3 rings (SSSR count). The molecule has 0 fully saturated rings. The lowest BCUT2D eigenvalue weighted by Crippen LogP contribution is -2.05. The van der Waals surface area contributed by atoms with E-state index in [2.05, 4.69) is 0 Å². The lowest BCUT2D eigenvalue weighted by Gasteiger charge is -2.09. The van der Waals surface area contributed by atoms with Gasteiger partial charge in [-0.25, -0.2) is 4.79 Å². The van der Waals surface area contributed by atoms with E-state index >= 15 is 0 Å². The van der Waals surface area contributed by atoms with E-state index in [1.807, 2.05) is 42.5 Å². The summed E-state index contributed by atoms with van der Waals surface area (Å²) in [5.74, 6) is 0.140. The molecule has 0 bridgehead atoms. The molecule has 0 amide bonds. The molecule has 5 heteroatoms. The molecule has 0 radical (unpaired) electrons. The number of methoxy groups -OCH3 is 1. The normalized spacial score (nSPS) is 10.3. The molecule has 0 saturated heterocycles. The van der Waals surface area contributed by atoms with E-state index in [0.717, 1.165) is 22.3 Å². The third-order valence-electron chi connectivity index (χ3n) is 3.62. The van der Waals surface area contributed by atoms with Crippen molar-refractivity contribution in [2.45, 2.75) is 6.61 Å². The van der Waals surface area contributed by atoms with Crippen molar-refractivity contribution in [3.63, 3.8) is 0 Å². The lowest BCUT2D eigenvalue weighted by atomic mass is 10.1. The zero-order valence-electron chi connectivity index (χ0n) is 13.6. The molecule has 126 valence electrons. The number of hydrogen-bond acceptors (Lipinski definition) is 5. The minimum absolute atomic E-state index is 0.209. The van der Waals surface area contributed by atoms with Crippen LogP contribution in [0.1, 0.15) is 25.6 Å². The Kier molecular flexibility index (Phi) is 5.26. The molecule has 25 heavy (non-hydrogen) atoms. The van der Waals surface area contributed by atoms with E-state index in [9.17, 15) is 9.59 Å². The molecule has 0 aliphatic heterocycles. The van der Waals surface area contributed by atoms with Gasteiger partial charge in [-0.3, -0.25) is 4.79 Å². The number of carbonyl (C=O) groups excluding carboxylic acids is 2. The van der Waals surface area contributed by atoms with Gasteiger partial charge in [0.1, 0.15) is 12.4 Å². The fourth-order valence-electron chi connectivity index (χ4n) is 2.35. The molecule has 3 aromatic rings. The smallest absolute Gasteiger partial charge is 0.338 e. The van der Waals surface area contributed by atoms with Crippen LogP contribution in [-0.4, -0.2) is 19.4 Å². The number of benzene rings is 2. The van der Waals surface area contributed by atoms with Crippen LogP contribution in [0.4, 0.5) is 0 Å². The largest absolute Gasteiger partial charge is 0.497 e. The molecule has 1 aromatic heterocycles. The van der Waals surface area contributed by atoms with Crippen LogP contribution in [0.2, 0.25) is 0 Å². The molecule has 1 heterocycles. The first-order valence-electron chi connectivity index (χ1n) is 7.65. The maximum Gasteiger partial charge on any atom is 0.338 e. The van der Waals surface area contributed by atoms with Crippen molar-refractivity contribution in [3.05, 3.63) is 76.7 Å². The molecule has 0 unspecified atom stereocenters. The summed E-state index contributed by atoms with van der Waals surface area (Å²) in [6.45, 7) is 0.209. The monoisotopic (exact) mass is 352 g/mol. The number of ether oxygens (including phenoxy) is 2. The SMILES string of the molecule is COc1cc(C(=O)OCc2ccccc2)cc(-c2ccc(C=O)s2)c1. The topological polar surface area (TPSA) is 52.6 Å². The van der Waals surface area contributed by atoms with Gasteiger partial charge in [-0.1, -0.05) is 30.3 Å². The Hall–Kier alpha value is -2.92. The fraction of sp³-hybridized carbons (Fsp3) is 0.100. The summed E-state index contributed by atoms with van der Waals surface area (Å²) >= 11 is 1.36. The average molecular weight is 352 g/mol. The van der Waals surface area contributed by atoms with Crippen molar-refractivity contribution in [2.75, 3.05) is 7.11 Å². The Bertz CT molecular complexity index is 884. The zero-order chi connectivity index (χ0) is 17.6. The summed E-state index contributed by atoms with van der Waals surface area (Å²) in [5.41, 5.74) is 2.14. The first-order chi connectivity index (χ1) is 12.2. The Morgan fingerprint density at radius 2 is 1.88 bits per heavy atom. The van der Waals surface area contributed by atoms with E-state index in [1.54, 1.807) is 25.3 Å². The van der Waals surface area contributed by atoms with Gasteiger partial charge in [0.25, 0.3) is 0 Å². The molecule has 0 saturated carbocycles. The third-order valence-corrected chi connectivity index (χ3v) is 4.68. The van der Waals surface area contributed by atoms with Gasteiger partial charge in [0.05, 0.1) is 17.6 Å². The van der Waals surface area contributed by atoms with Crippen molar-refractivity contribution in [2.24, 2.45) is 0 Å². The summed E-state index contributed by atoms with van der Waals surface area (Å²) in [4.78, 5) is 24.8. The predicted octanol–water partition coefficient (Wildman–Crippen LogP) is 4.59. The van der Waals surface area contributed by atoms with Crippen molar-refractivity contribution >= 4 is 23.6 Å². The first kappa shape index (κ1) is 16.9. The van der Waals surface area contributed by atoms with Crippen LogP contribution in [0.25, 0.3) is 10.4 Å². The second-order valence-electron chi connectivity index (χ2n) is 5.33. The number of rotatable bonds is 6. The van der Waals surface area contributed by atoms with Gasteiger partial charge in [0, 0.05) is 4.88 Å². The van der Waals surface area contributed by atoms with E-state index in [4.69, 9.17) is 9.47 Å². The maximum absolute atomic E-state index is 12.4. The highest BCUT2D eigenvalue weighted by Crippen LogP contribution is 2.31. The van der Waals surface area contributed by atoms with Gasteiger partial charge in [0.2, 0.25) is 0 Å². The van der Waals surface area contributed by atoms with E-state index in [1.165, 1.54) is 11.3 Å². The van der Waals surface area contributed by atoms with Gasteiger partial charge in [-0.05, 0) is 41.5 Å². The van der Waals surface area contributed by atoms with E-state index in [-0.39, 0.29) is 6.61 Å². The zero-order valence-corrected chi connectivity index (χ0v) is 14.4. The molecular weight excluding hydrogens is 336 g/mol. The molecule has 0 spiro atoms. The van der Waals surface area contributed by atoms with Crippen molar-refractivity contribution < 1.29 is 19.1 Å². The van der Waals surface area contributed by atoms with Crippen molar-refractivity contribution in [1.82, 2.24) is 0 Å². The number of esters is 1. The van der Waals surface area contributed by atoms with Crippen LogP contribution in [0.3, 0.4) is 0 Å². The lowest BCUT2D eigenvalue weighted by molar-refractivity contribution is 0.0472. The molecule has 2 aromatic carbocycles. The maximum atomic E-state index is 12.4. The summed E-state index contributed by atoms with van der Waals surface area (Å²) in [6.07, 6.45) is 0.809. The highest BCUT2D eigenvalue weighted by atomic mass is 32.1. The molecule has 0 aliphatic rings. The van der Waals surface area contributed by atoms with Crippen LogP contribution in [0.5, 0.6) is 5.75 Å². The summed E-state index contributed by atoms with van der Waals surface area (Å²) in [5, 5.41) is 0. The summed E-state index contributed by atoms with van der Waals surface area (Å²) in [7, 11) is 1.55. The van der Waals surface area contributed by atoms with Crippen LogP contribution >= 0.6 is 11.3 Å².